The minimum Gasteiger partial charge on any atom is -0.388 e. The molecule has 0 bridgehead atoms. The van der Waals surface area contributed by atoms with E-state index >= 15 is 0 Å². The smallest absolute Gasteiger partial charge is 0.254 e. The van der Waals surface area contributed by atoms with Crippen molar-refractivity contribution < 1.29 is 14.7 Å². The lowest BCUT2D eigenvalue weighted by atomic mass is 9.92. The van der Waals surface area contributed by atoms with E-state index in [1.807, 2.05) is 32.0 Å². The Morgan fingerprint density at radius 3 is 2.58 bits per heavy atom. The number of amides is 2. The number of rotatable bonds is 5. The van der Waals surface area contributed by atoms with Crippen LogP contribution >= 0.6 is 0 Å². The Kier molecular flexibility index (Phi) is 5.99. The molecule has 5 nitrogen and oxygen atoms in total. The fourth-order valence-electron chi connectivity index (χ4n) is 2.78. The third kappa shape index (κ3) is 4.35. The van der Waals surface area contributed by atoms with Crippen LogP contribution in [0.3, 0.4) is 0 Å². The zero-order valence-corrected chi connectivity index (χ0v) is 14.8. The maximum absolute atomic E-state index is 12.7. The minimum atomic E-state index is -0.960. The first kappa shape index (κ1) is 18.5. The van der Waals surface area contributed by atoms with Crippen LogP contribution in [0, 0.1) is 5.92 Å². The summed E-state index contributed by atoms with van der Waals surface area (Å²) in [5.74, 6) is -0.253. The molecule has 0 radical (unpaired) electrons. The van der Waals surface area contributed by atoms with E-state index in [2.05, 4.69) is 5.32 Å². The summed E-state index contributed by atoms with van der Waals surface area (Å²) in [5.41, 5.74) is -0.357. The van der Waals surface area contributed by atoms with Crippen molar-refractivity contribution in [3.05, 3.63) is 35.9 Å². The van der Waals surface area contributed by atoms with Crippen LogP contribution in [0.15, 0.2) is 30.3 Å². The lowest BCUT2D eigenvalue weighted by Gasteiger charge is -2.36. The highest BCUT2D eigenvalue weighted by Gasteiger charge is 2.34. The summed E-state index contributed by atoms with van der Waals surface area (Å²) in [7, 11) is 0. The van der Waals surface area contributed by atoms with Gasteiger partial charge < -0.3 is 15.3 Å². The third-order valence-corrected chi connectivity index (χ3v) is 4.95. The van der Waals surface area contributed by atoms with Gasteiger partial charge in [-0.05, 0) is 44.2 Å². The largest absolute Gasteiger partial charge is 0.388 e. The molecule has 1 heterocycles. The highest BCUT2D eigenvalue weighted by atomic mass is 16.3. The first-order chi connectivity index (χ1) is 11.3. The molecule has 0 saturated carbocycles. The number of piperidine rings is 1. The van der Waals surface area contributed by atoms with Crippen molar-refractivity contribution in [2.24, 2.45) is 5.92 Å². The normalized spacial score (nSPS) is 20.5. The highest BCUT2D eigenvalue weighted by molar-refractivity contribution is 5.97. The van der Waals surface area contributed by atoms with Crippen molar-refractivity contribution in [1.82, 2.24) is 10.2 Å². The highest BCUT2D eigenvalue weighted by Crippen LogP contribution is 2.21. The molecule has 2 unspecified atom stereocenters. The molecule has 1 saturated heterocycles. The van der Waals surface area contributed by atoms with Gasteiger partial charge in [-0.25, -0.2) is 0 Å². The summed E-state index contributed by atoms with van der Waals surface area (Å²) in [5, 5.41) is 13.1. The molecular formula is C19H28N2O3. The van der Waals surface area contributed by atoms with Gasteiger partial charge in [-0.15, -0.1) is 0 Å². The molecule has 0 aliphatic carbocycles. The van der Waals surface area contributed by atoms with Crippen LogP contribution in [0.25, 0.3) is 0 Å². The monoisotopic (exact) mass is 332 g/mol. The lowest BCUT2D eigenvalue weighted by molar-refractivity contribution is -0.128. The second-order valence-electron chi connectivity index (χ2n) is 7.11. The summed E-state index contributed by atoms with van der Waals surface area (Å²) in [4.78, 5) is 27.0. The van der Waals surface area contributed by atoms with Gasteiger partial charge >= 0.3 is 0 Å². The van der Waals surface area contributed by atoms with E-state index in [0.29, 0.717) is 18.5 Å². The Hall–Kier alpha value is -1.88. The van der Waals surface area contributed by atoms with Crippen LogP contribution in [0.1, 0.15) is 50.4 Å². The minimum absolute atomic E-state index is 0.0335. The zero-order chi connectivity index (χ0) is 17.7. The van der Waals surface area contributed by atoms with E-state index in [-0.39, 0.29) is 24.3 Å². The van der Waals surface area contributed by atoms with E-state index in [1.165, 1.54) is 0 Å². The van der Waals surface area contributed by atoms with Gasteiger partial charge in [0, 0.05) is 18.7 Å². The first-order valence-electron chi connectivity index (χ1n) is 8.69. The average molecular weight is 332 g/mol. The molecule has 0 aromatic heterocycles. The Morgan fingerprint density at radius 2 is 1.96 bits per heavy atom. The number of likely N-dealkylation sites (tertiary alicyclic amines) is 1. The predicted molar refractivity (Wildman–Crippen MR) is 93.6 cm³/mol. The van der Waals surface area contributed by atoms with Gasteiger partial charge in [0.2, 0.25) is 5.91 Å². The number of nitrogens with zero attached hydrogens (tertiary/aromatic N) is 1. The molecule has 1 aromatic carbocycles. The summed E-state index contributed by atoms with van der Waals surface area (Å²) in [6.45, 7) is 6.32. The van der Waals surface area contributed by atoms with Crippen molar-refractivity contribution in [1.29, 1.82) is 0 Å². The molecule has 1 fully saturated rings. The van der Waals surface area contributed by atoms with E-state index in [4.69, 9.17) is 0 Å². The van der Waals surface area contributed by atoms with E-state index in [0.717, 1.165) is 12.8 Å². The standard InChI is InChI=1S/C19H28N2O3/c1-14(2)19(3,24)13-20-17(22)16-11-7-8-12-21(16)18(23)15-9-5-4-6-10-15/h4-6,9-10,14,16,24H,7-8,11-13H2,1-3H3,(H,20,22). The van der Waals surface area contributed by atoms with Crippen molar-refractivity contribution in [2.75, 3.05) is 13.1 Å². The van der Waals surface area contributed by atoms with Crippen LogP contribution in [0.4, 0.5) is 0 Å². The van der Waals surface area contributed by atoms with Gasteiger partial charge in [-0.2, -0.15) is 0 Å². The SMILES string of the molecule is CC(C)C(C)(O)CNC(=O)C1CCCCN1C(=O)c1ccccc1. The molecule has 2 atom stereocenters. The molecule has 0 spiro atoms. The summed E-state index contributed by atoms with van der Waals surface area (Å²) < 4.78 is 0. The number of carbonyl (C=O) groups is 2. The van der Waals surface area contributed by atoms with Gasteiger partial charge in [-0.3, -0.25) is 9.59 Å². The molecule has 24 heavy (non-hydrogen) atoms. The molecule has 5 heteroatoms. The average Bonchev–Trinajstić information content (AvgIpc) is 2.59. The van der Waals surface area contributed by atoms with Crippen LogP contribution in [-0.4, -0.2) is 46.6 Å². The molecular weight excluding hydrogens is 304 g/mol. The Balaban J connectivity index is 2.06. The molecule has 2 rings (SSSR count). The van der Waals surface area contributed by atoms with Crippen molar-refractivity contribution >= 4 is 11.8 Å². The summed E-state index contributed by atoms with van der Waals surface area (Å²) >= 11 is 0. The van der Waals surface area contributed by atoms with Crippen molar-refractivity contribution in [2.45, 2.75) is 51.7 Å². The maximum Gasteiger partial charge on any atom is 0.254 e. The molecule has 1 aliphatic heterocycles. The fourth-order valence-corrected chi connectivity index (χ4v) is 2.78. The number of benzene rings is 1. The van der Waals surface area contributed by atoms with Gasteiger partial charge in [0.25, 0.3) is 5.91 Å². The lowest BCUT2D eigenvalue weighted by Crippen LogP contribution is -2.54. The first-order valence-corrected chi connectivity index (χ1v) is 8.69. The maximum atomic E-state index is 12.7. The van der Waals surface area contributed by atoms with Gasteiger partial charge in [-0.1, -0.05) is 32.0 Å². The van der Waals surface area contributed by atoms with Crippen molar-refractivity contribution in [3.8, 4) is 0 Å². The zero-order valence-electron chi connectivity index (χ0n) is 14.8. The Labute approximate surface area is 144 Å². The van der Waals surface area contributed by atoms with Gasteiger partial charge in [0.1, 0.15) is 6.04 Å². The second kappa shape index (κ2) is 7.79. The molecule has 2 amide bonds. The number of carbonyl (C=O) groups excluding carboxylic acids is 2. The predicted octanol–water partition coefficient (Wildman–Crippen LogP) is 2.20. The van der Waals surface area contributed by atoms with Gasteiger partial charge in [0.05, 0.1) is 5.60 Å². The summed E-state index contributed by atoms with van der Waals surface area (Å²) in [6, 6.07) is 8.60. The molecule has 132 valence electrons. The summed E-state index contributed by atoms with van der Waals surface area (Å²) in [6.07, 6.45) is 2.50. The Bertz CT molecular complexity index is 569. The van der Waals surface area contributed by atoms with Crippen LogP contribution in [0.2, 0.25) is 0 Å². The number of hydrogen-bond acceptors (Lipinski definition) is 3. The van der Waals surface area contributed by atoms with Crippen LogP contribution < -0.4 is 5.32 Å². The van der Waals surface area contributed by atoms with E-state index in [1.54, 1.807) is 24.0 Å². The number of nitrogens with one attached hydrogen (secondary N) is 1. The van der Waals surface area contributed by atoms with E-state index in [9.17, 15) is 14.7 Å². The third-order valence-electron chi connectivity index (χ3n) is 4.95. The number of hydrogen-bond donors (Lipinski definition) is 2. The topological polar surface area (TPSA) is 69.6 Å². The van der Waals surface area contributed by atoms with Crippen molar-refractivity contribution in [3.63, 3.8) is 0 Å². The molecule has 1 aromatic rings. The van der Waals surface area contributed by atoms with Gasteiger partial charge in [0.15, 0.2) is 0 Å². The second-order valence-corrected chi connectivity index (χ2v) is 7.11. The van der Waals surface area contributed by atoms with E-state index < -0.39 is 11.6 Å². The van der Waals surface area contributed by atoms with Crippen LogP contribution in [-0.2, 0) is 4.79 Å². The number of aliphatic hydroxyl groups is 1. The van der Waals surface area contributed by atoms with Crippen LogP contribution in [0.5, 0.6) is 0 Å². The quantitative estimate of drug-likeness (QED) is 0.868. The Morgan fingerprint density at radius 1 is 1.29 bits per heavy atom. The molecule has 1 aliphatic rings. The fraction of sp³-hybridized carbons (Fsp3) is 0.579. The molecule has 2 N–H and O–H groups in total.